The summed E-state index contributed by atoms with van der Waals surface area (Å²) in [6.07, 6.45) is 0.933. The minimum Gasteiger partial charge on any atom is -0.386 e. The number of nitrogens with zero attached hydrogens (tertiary/aromatic N) is 3. The van der Waals surface area contributed by atoms with Gasteiger partial charge in [-0.3, -0.25) is 4.79 Å². The van der Waals surface area contributed by atoms with Crippen LogP contribution in [0.2, 0.25) is 0 Å². The third kappa shape index (κ3) is 3.70. The Morgan fingerprint density at radius 3 is 2.48 bits per heavy atom. The lowest BCUT2D eigenvalue weighted by Crippen LogP contribution is -2.29. The molecule has 0 spiro atoms. The molecule has 1 N–H and O–H groups in total. The molecule has 2 aromatic rings. The summed E-state index contributed by atoms with van der Waals surface area (Å²) in [5.74, 6) is 0. The molecule has 5 nitrogen and oxygen atoms in total. The van der Waals surface area contributed by atoms with Gasteiger partial charge in [0.25, 0.3) is 5.56 Å². The molecule has 5 heteroatoms. The fourth-order valence-electron chi connectivity index (χ4n) is 2.27. The molecule has 0 bridgehead atoms. The van der Waals surface area contributed by atoms with Crippen LogP contribution in [0.1, 0.15) is 25.5 Å². The Kier molecular flexibility index (Phi) is 5.11. The molecule has 1 aromatic carbocycles. The zero-order chi connectivity index (χ0) is 15.2. The molecule has 112 valence electrons. The first kappa shape index (κ1) is 15.3. The fraction of sp³-hybridized carbons (Fsp3) is 0.375. The smallest absolute Gasteiger partial charge is 0.268 e. The summed E-state index contributed by atoms with van der Waals surface area (Å²) in [5.41, 5.74) is 1.39. The van der Waals surface area contributed by atoms with Crippen LogP contribution in [-0.4, -0.2) is 28.0 Å². The van der Waals surface area contributed by atoms with Gasteiger partial charge in [-0.25, -0.2) is 4.68 Å². The number of hydrogen-bond donors (Lipinski definition) is 1. The van der Waals surface area contributed by atoms with Crippen LogP contribution in [0.4, 0.5) is 5.69 Å². The van der Waals surface area contributed by atoms with Crippen molar-refractivity contribution in [2.75, 3.05) is 18.0 Å². The van der Waals surface area contributed by atoms with E-state index in [2.05, 4.69) is 10.00 Å². The Balaban J connectivity index is 2.16. The van der Waals surface area contributed by atoms with Crippen LogP contribution in [0.3, 0.4) is 0 Å². The van der Waals surface area contributed by atoms with E-state index >= 15 is 0 Å². The topological polar surface area (TPSA) is 58.4 Å². The normalized spacial score (nSPS) is 12.1. The minimum atomic E-state index is -0.740. The number of aromatic nitrogens is 2. The van der Waals surface area contributed by atoms with Gasteiger partial charge in [0.15, 0.2) is 0 Å². The van der Waals surface area contributed by atoms with Gasteiger partial charge < -0.3 is 10.0 Å². The SMILES string of the molecule is CCN(CC)c1cnn(CC(O)c2ccccc2)c(=O)c1. The lowest BCUT2D eigenvalue weighted by Gasteiger charge is -2.20. The van der Waals surface area contributed by atoms with E-state index in [1.807, 2.05) is 44.2 Å². The first-order valence-corrected chi connectivity index (χ1v) is 7.20. The molecule has 1 aromatic heterocycles. The number of aliphatic hydroxyl groups is 1. The highest BCUT2D eigenvalue weighted by Crippen LogP contribution is 2.14. The molecule has 0 saturated heterocycles. The Hall–Kier alpha value is -2.14. The van der Waals surface area contributed by atoms with Crippen molar-refractivity contribution in [3.63, 3.8) is 0 Å². The summed E-state index contributed by atoms with van der Waals surface area (Å²) in [6, 6.07) is 10.8. The van der Waals surface area contributed by atoms with Crippen LogP contribution < -0.4 is 10.5 Å². The van der Waals surface area contributed by atoms with Crippen molar-refractivity contribution in [1.82, 2.24) is 9.78 Å². The quantitative estimate of drug-likeness (QED) is 0.880. The molecule has 2 rings (SSSR count). The number of rotatable bonds is 6. The van der Waals surface area contributed by atoms with E-state index in [0.717, 1.165) is 24.3 Å². The molecule has 0 amide bonds. The molecule has 0 saturated carbocycles. The first-order valence-electron chi connectivity index (χ1n) is 7.20. The molecule has 0 aliphatic rings. The van der Waals surface area contributed by atoms with Gasteiger partial charge in [-0.05, 0) is 19.4 Å². The zero-order valence-electron chi connectivity index (χ0n) is 12.4. The largest absolute Gasteiger partial charge is 0.386 e. The number of benzene rings is 1. The highest BCUT2D eigenvalue weighted by molar-refractivity contribution is 5.42. The van der Waals surface area contributed by atoms with Gasteiger partial charge in [-0.2, -0.15) is 5.10 Å². The van der Waals surface area contributed by atoms with E-state index in [1.165, 1.54) is 4.68 Å². The van der Waals surface area contributed by atoms with E-state index in [4.69, 9.17) is 0 Å². The van der Waals surface area contributed by atoms with Crippen molar-refractivity contribution in [2.45, 2.75) is 26.5 Å². The lowest BCUT2D eigenvalue weighted by atomic mass is 10.1. The second-order valence-electron chi connectivity index (χ2n) is 4.83. The molecule has 0 fully saturated rings. The summed E-state index contributed by atoms with van der Waals surface area (Å²) >= 11 is 0. The van der Waals surface area contributed by atoms with Gasteiger partial charge in [0.05, 0.1) is 24.5 Å². The maximum absolute atomic E-state index is 12.1. The fourth-order valence-corrected chi connectivity index (χ4v) is 2.27. The van der Waals surface area contributed by atoms with Gasteiger partial charge in [0.2, 0.25) is 0 Å². The zero-order valence-corrected chi connectivity index (χ0v) is 12.4. The van der Waals surface area contributed by atoms with Crippen molar-refractivity contribution < 1.29 is 5.11 Å². The second-order valence-corrected chi connectivity index (χ2v) is 4.83. The van der Waals surface area contributed by atoms with Crippen LogP contribution in [0, 0.1) is 0 Å². The maximum atomic E-state index is 12.1. The summed E-state index contributed by atoms with van der Waals surface area (Å²) < 4.78 is 1.30. The van der Waals surface area contributed by atoms with Crippen molar-refractivity contribution in [1.29, 1.82) is 0 Å². The summed E-state index contributed by atoms with van der Waals surface area (Å²) in [5, 5.41) is 14.3. The maximum Gasteiger partial charge on any atom is 0.268 e. The Labute approximate surface area is 124 Å². The molecule has 1 atom stereocenters. The van der Waals surface area contributed by atoms with E-state index in [1.54, 1.807) is 12.3 Å². The molecular weight excluding hydrogens is 266 g/mol. The van der Waals surface area contributed by atoms with Crippen LogP contribution in [-0.2, 0) is 6.54 Å². The highest BCUT2D eigenvalue weighted by atomic mass is 16.3. The monoisotopic (exact) mass is 287 g/mol. The predicted octanol–water partition coefficient (Wildman–Crippen LogP) is 1.82. The van der Waals surface area contributed by atoms with Crippen LogP contribution in [0.25, 0.3) is 0 Å². The van der Waals surface area contributed by atoms with Crippen LogP contribution >= 0.6 is 0 Å². The Morgan fingerprint density at radius 1 is 1.24 bits per heavy atom. The van der Waals surface area contributed by atoms with Gasteiger partial charge >= 0.3 is 0 Å². The standard InChI is InChI=1S/C16H21N3O2/c1-3-18(4-2)14-10-16(21)19(17-11-14)12-15(20)13-8-6-5-7-9-13/h5-11,15,20H,3-4,12H2,1-2H3. The van der Waals surface area contributed by atoms with Gasteiger partial charge in [-0.15, -0.1) is 0 Å². The van der Waals surface area contributed by atoms with E-state index in [9.17, 15) is 9.90 Å². The van der Waals surface area contributed by atoms with Gasteiger partial charge in [0, 0.05) is 19.2 Å². The Bertz CT molecular complexity index is 621. The van der Waals surface area contributed by atoms with Gasteiger partial charge in [-0.1, -0.05) is 30.3 Å². The molecule has 21 heavy (non-hydrogen) atoms. The molecule has 0 radical (unpaired) electrons. The Morgan fingerprint density at radius 2 is 1.90 bits per heavy atom. The van der Waals surface area contributed by atoms with Crippen molar-refractivity contribution in [3.8, 4) is 0 Å². The highest BCUT2D eigenvalue weighted by Gasteiger charge is 2.11. The number of hydrogen-bond acceptors (Lipinski definition) is 4. The van der Waals surface area contributed by atoms with Crippen molar-refractivity contribution in [3.05, 3.63) is 58.5 Å². The first-order chi connectivity index (χ1) is 10.2. The minimum absolute atomic E-state index is 0.154. The van der Waals surface area contributed by atoms with E-state index in [0.29, 0.717) is 0 Å². The van der Waals surface area contributed by atoms with Crippen LogP contribution in [0.15, 0.2) is 47.4 Å². The van der Waals surface area contributed by atoms with Crippen molar-refractivity contribution in [2.24, 2.45) is 0 Å². The molecular formula is C16H21N3O2. The summed E-state index contributed by atoms with van der Waals surface area (Å²) in [4.78, 5) is 14.2. The average molecular weight is 287 g/mol. The molecule has 0 aliphatic heterocycles. The summed E-state index contributed by atoms with van der Waals surface area (Å²) in [6.45, 7) is 5.88. The average Bonchev–Trinajstić information content (AvgIpc) is 2.52. The van der Waals surface area contributed by atoms with Gasteiger partial charge in [0.1, 0.15) is 0 Å². The van der Waals surface area contributed by atoms with E-state index in [-0.39, 0.29) is 12.1 Å². The molecule has 0 aliphatic carbocycles. The lowest BCUT2D eigenvalue weighted by molar-refractivity contribution is 0.149. The number of anilines is 1. The molecule has 1 heterocycles. The molecule has 1 unspecified atom stereocenters. The van der Waals surface area contributed by atoms with Crippen molar-refractivity contribution >= 4 is 5.69 Å². The second kappa shape index (κ2) is 7.04. The number of aliphatic hydroxyl groups excluding tert-OH is 1. The summed E-state index contributed by atoms with van der Waals surface area (Å²) in [7, 11) is 0. The van der Waals surface area contributed by atoms with E-state index < -0.39 is 6.10 Å². The predicted molar refractivity (Wildman–Crippen MR) is 83.5 cm³/mol. The third-order valence-electron chi connectivity index (χ3n) is 3.51. The third-order valence-corrected chi connectivity index (χ3v) is 3.51. The van der Waals surface area contributed by atoms with Crippen LogP contribution in [0.5, 0.6) is 0 Å².